The molecule has 1 N–H and O–H groups in total. The lowest BCUT2D eigenvalue weighted by atomic mass is 10.1. The maximum Gasteiger partial charge on any atom is 0.254 e. The molecule has 0 spiro atoms. The van der Waals surface area contributed by atoms with Crippen molar-refractivity contribution in [2.75, 3.05) is 25.0 Å². The van der Waals surface area contributed by atoms with Gasteiger partial charge in [0.2, 0.25) is 11.9 Å². The van der Waals surface area contributed by atoms with E-state index in [-0.39, 0.29) is 24.5 Å². The van der Waals surface area contributed by atoms with Gasteiger partial charge in [0.1, 0.15) is 6.54 Å². The number of nitrogens with one attached hydrogen (secondary N) is 1. The first-order valence-corrected chi connectivity index (χ1v) is 13.9. The monoisotopic (exact) mass is 556 g/mol. The van der Waals surface area contributed by atoms with Crippen molar-refractivity contribution < 1.29 is 14.3 Å². The third-order valence-electron chi connectivity index (χ3n) is 7.31. The minimum absolute atomic E-state index is 0.0882. The van der Waals surface area contributed by atoms with E-state index >= 15 is 0 Å². The minimum Gasteiger partial charge on any atom is -0.376 e. The summed E-state index contributed by atoms with van der Waals surface area (Å²) >= 11 is 6.10. The summed E-state index contributed by atoms with van der Waals surface area (Å²) < 4.78 is 7.67. The Morgan fingerprint density at radius 2 is 1.80 bits per heavy atom. The second-order valence-corrected chi connectivity index (χ2v) is 10.7. The highest BCUT2D eigenvalue weighted by atomic mass is 35.5. The zero-order valence-electron chi connectivity index (χ0n) is 23.0. The Bertz CT molecular complexity index is 1520. The zero-order chi connectivity index (χ0) is 28.2. The van der Waals surface area contributed by atoms with Crippen molar-refractivity contribution in [3.63, 3.8) is 0 Å². The van der Waals surface area contributed by atoms with E-state index in [2.05, 4.69) is 18.3 Å². The molecule has 4 aromatic rings. The summed E-state index contributed by atoms with van der Waals surface area (Å²) in [5, 5.41) is 3.61. The summed E-state index contributed by atoms with van der Waals surface area (Å²) in [4.78, 5) is 33.4. The number of hydrogen-bond donors (Lipinski definition) is 1. The molecule has 2 heterocycles. The largest absolute Gasteiger partial charge is 0.376 e. The van der Waals surface area contributed by atoms with Crippen LogP contribution in [0.2, 0.25) is 5.02 Å². The molecule has 1 saturated heterocycles. The summed E-state index contributed by atoms with van der Waals surface area (Å²) in [6.07, 6.45) is 3.62. The summed E-state index contributed by atoms with van der Waals surface area (Å²) in [7, 11) is 0. The highest BCUT2D eigenvalue weighted by molar-refractivity contribution is 6.30. The fourth-order valence-corrected chi connectivity index (χ4v) is 5.00. The van der Waals surface area contributed by atoms with Crippen LogP contribution in [-0.2, 0) is 9.53 Å². The summed E-state index contributed by atoms with van der Waals surface area (Å²) in [5.41, 5.74) is 6.18. The molecule has 1 unspecified atom stereocenters. The molecule has 1 atom stereocenters. The summed E-state index contributed by atoms with van der Waals surface area (Å²) in [6, 6.07) is 20.9. The number of halogens is 1. The quantitative estimate of drug-likeness (QED) is 0.273. The van der Waals surface area contributed by atoms with Gasteiger partial charge in [-0.25, -0.2) is 4.98 Å². The molecule has 1 aromatic heterocycles. The van der Waals surface area contributed by atoms with E-state index in [1.165, 1.54) is 5.56 Å². The van der Waals surface area contributed by atoms with E-state index in [1.807, 2.05) is 79.2 Å². The van der Waals surface area contributed by atoms with Crippen molar-refractivity contribution in [3.05, 3.63) is 100 Å². The van der Waals surface area contributed by atoms with E-state index in [4.69, 9.17) is 21.3 Å². The third-order valence-corrected chi connectivity index (χ3v) is 7.56. The number of hydrogen-bond acceptors (Lipinski definition) is 4. The number of aryl methyl sites for hydroxylation is 3. The molecule has 1 aliphatic heterocycles. The second kappa shape index (κ2) is 12.1. The molecule has 1 aliphatic rings. The van der Waals surface area contributed by atoms with Crippen molar-refractivity contribution in [1.29, 1.82) is 0 Å². The Balaban J connectivity index is 1.44. The van der Waals surface area contributed by atoms with Gasteiger partial charge in [0.25, 0.3) is 5.91 Å². The van der Waals surface area contributed by atoms with E-state index in [9.17, 15) is 9.59 Å². The molecule has 0 bridgehead atoms. The zero-order valence-corrected chi connectivity index (χ0v) is 23.7. The van der Waals surface area contributed by atoms with Gasteiger partial charge in [-0.3, -0.25) is 19.5 Å². The number of carbonyl (C=O) groups is 2. The third kappa shape index (κ3) is 6.27. The number of nitrogens with zero attached hydrogens (tertiary/aromatic N) is 3. The molecule has 7 nitrogen and oxygen atoms in total. The normalized spacial score (nSPS) is 14.8. The first kappa shape index (κ1) is 27.6. The molecule has 0 aliphatic carbocycles. The molecule has 40 heavy (non-hydrogen) atoms. The van der Waals surface area contributed by atoms with Gasteiger partial charge < -0.3 is 9.64 Å². The number of aromatic nitrogens is 2. The van der Waals surface area contributed by atoms with Crippen LogP contribution in [0, 0.1) is 20.8 Å². The predicted octanol–water partition coefficient (Wildman–Crippen LogP) is 6.38. The lowest BCUT2D eigenvalue weighted by Crippen LogP contribution is -2.42. The lowest BCUT2D eigenvalue weighted by Gasteiger charge is -2.25. The maximum atomic E-state index is 13.6. The average molecular weight is 557 g/mol. The molecule has 5 rings (SSSR count). The van der Waals surface area contributed by atoms with Gasteiger partial charge in [-0.15, -0.1) is 0 Å². The van der Waals surface area contributed by atoms with E-state index in [0.717, 1.165) is 35.2 Å². The number of anilines is 1. The standard InChI is InChI=1S/C32H33ClN4O3/c1-21-10-15-26(17-23(21)3)37-19-29(24-11-13-25(33)14-12-24)34-32(37)35-30(38)20-36(18-27-8-6-16-40-27)31(39)28-9-5-4-7-22(28)2/h4-5,7,9-15,17,19,27H,6,8,16,18,20H2,1-3H3,(H,34,35,38). The molecule has 0 saturated carbocycles. The average Bonchev–Trinajstić information content (AvgIpc) is 3.60. The number of imidazole rings is 1. The second-order valence-electron chi connectivity index (χ2n) is 10.3. The van der Waals surface area contributed by atoms with Crippen LogP contribution >= 0.6 is 11.6 Å². The van der Waals surface area contributed by atoms with Crippen LogP contribution < -0.4 is 5.32 Å². The lowest BCUT2D eigenvalue weighted by molar-refractivity contribution is -0.117. The summed E-state index contributed by atoms with van der Waals surface area (Å²) in [6.45, 7) is 6.91. The Morgan fingerprint density at radius 3 is 2.50 bits per heavy atom. The molecular weight excluding hydrogens is 524 g/mol. The van der Waals surface area contributed by atoms with Gasteiger partial charge in [0.15, 0.2) is 0 Å². The van der Waals surface area contributed by atoms with Crippen molar-refractivity contribution >= 4 is 29.4 Å². The molecule has 8 heteroatoms. The van der Waals surface area contributed by atoms with Crippen molar-refractivity contribution in [1.82, 2.24) is 14.5 Å². The fourth-order valence-electron chi connectivity index (χ4n) is 4.87. The van der Waals surface area contributed by atoms with Gasteiger partial charge in [-0.1, -0.05) is 48.0 Å². The fraction of sp³-hybridized carbons (Fsp3) is 0.281. The van der Waals surface area contributed by atoms with Crippen LogP contribution in [0.4, 0.5) is 5.95 Å². The first-order valence-electron chi connectivity index (χ1n) is 13.5. The van der Waals surface area contributed by atoms with Crippen LogP contribution in [-0.4, -0.2) is 52.1 Å². The molecule has 206 valence electrons. The highest BCUT2D eigenvalue weighted by Gasteiger charge is 2.26. The SMILES string of the molecule is Cc1ccc(-n2cc(-c3ccc(Cl)cc3)nc2NC(=O)CN(CC2CCCO2)C(=O)c2ccccc2C)cc1C. The maximum absolute atomic E-state index is 13.6. The van der Waals surface area contributed by atoms with E-state index in [0.29, 0.717) is 35.4 Å². The van der Waals surface area contributed by atoms with Crippen LogP contribution in [0.1, 0.15) is 39.9 Å². The van der Waals surface area contributed by atoms with Crippen LogP contribution in [0.15, 0.2) is 72.9 Å². The molecular formula is C32H33ClN4O3. The molecule has 1 fully saturated rings. The van der Waals surface area contributed by atoms with Crippen molar-refractivity contribution in [2.45, 2.75) is 39.7 Å². The first-order chi connectivity index (χ1) is 19.3. The molecule has 2 amide bonds. The number of carbonyl (C=O) groups excluding carboxylic acids is 2. The molecule has 0 radical (unpaired) electrons. The van der Waals surface area contributed by atoms with Crippen molar-refractivity contribution in [2.24, 2.45) is 0 Å². The van der Waals surface area contributed by atoms with Gasteiger partial charge in [0.05, 0.1) is 11.8 Å². The van der Waals surface area contributed by atoms with E-state index in [1.54, 1.807) is 11.0 Å². The Morgan fingerprint density at radius 1 is 1.02 bits per heavy atom. The number of benzene rings is 3. The number of ether oxygens (including phenoxy) is 1. The minimum atomic E-state index is -0.335. The van der Waals surface area contributed by atoms with Gasteiger partial charge in [0, 0.05) is 41.2 Å². The number of rotatable bonds is 8. The van der Waals surface area contributed by atoms with Crippen LogP contribution in [0.25, 0.3) is 16.9 Å². The predicted molar refractivity (Wildman–Crippen MR) is 158 cm³/mol. The Labute approximate surface area is 239 Å². The Hall–Kier alpha value is -3.94. The van der Waals surface area contributed by atoms with Crippen LogP contribution in [0.3, 0.4) is 0 Å². The smallest absolute Gasteiger partial charge is 0.254 e. The van der Waals surface area contributed by atoms with Gasteiger partial charge in [-0.05, 0) is 80.6 Å². The van der Waals surface area contributed by atoms with Gasteiger partial charge >= 0.3 is 0 Å². The van der Waals surface area contributed by atoms with E-state index < -0.39 is 0 Å². The number of amides is 2. The Kier molecular flexibility index (Phi) is 8.33. The summed E-state index contributed by atoms with van der Waals surface area (Å²) in [5.74, 6) is -0.153. The van der Waals surface area contributed by atoms with Crippen molar-refractivity contribution in [3.8, 4) is 16.9 Å². The van der Waals surface area contributed by atoms with Crippen LogP contribution in [0.5, 0.6) is 0 Å². The van der Waals surface area contributed by atoms with Gasteiger partial charge in [-0.2, -0.15) is 0 Å². The highest BCUT2D eigenvalue weighted by Crippen LogP contribution is 2.27. The topological polar surface area (TPSA) is 76.5 Å². The molecule has 3 aromatic carbocycles.